The van der Waals surface area contributed by atoms with Gasteiger partial charge >= 0.3 is 0 Å². The molecule has 2 N–H and O–H groups in total. The summed E-state index contributed by atoms with van der Waals surface area (Å²) in [5, 5.41) is 165. The fourth-order valence-corrected chi connectivity index (χ4v) is 0.970. The Hall–Kier alpha value is -11.6. The average Bonchev–Trinajstić information content (AvgIpc) is 3.23. The summed E-state index contributed by atoms with van der Waals surface area (Å²) in [4.78, 5) is 0. The molecule has 0 rings (SSSR count). The van der Waals surface area contributed by atoms with E-state index in [-0.39, 0.29) is 0 Å². The Bertz CT molecular complexity index is 1760. The highest BCUT2D eigenvalue weighted by Crippen LogP contribution is 1.94. The fraction of sp³-hybridized carbons (Fsp3) is 0. The fourth-order valence-electron chi connectivity index (χ4n) is 0.970. The third-order valence-corrected chi connectivity index (χ3v) is 2.21. The lowest BCUT2D eigenvalue weighted by atomic mass is 12.3. The van der Waals surface area contributed by atoms with E-state index in [0.29, 0.717) is 0 Å². The summed E-state index contributed by atoms with van der Waals surface area (Å²) < 4.78 is 0. The van der Waals surface area contributed by atoms with E-state index in [2.05, 4.69) is 293 Å². The quantitative estimate of drug-likeness (QED) is 0.0549. The van der Waals surface area contributed by atoms with Crippen LogP contribution in [0.3, 0.4) is 0 Å². The van der Waals surface area contributed by atoms with Gasteiger partial charge in [-0.3, -0.25) is 0 Å². The molecule has 58 heteroatoms. The highest BCUT2D eigenvalue weighted by atomic mass is 15.8. The zero-order chi connectivity index (χ0) is 41.6. The standard InChI is InChI=1S/H2N58/c1-3-5-7-9-11-13-15-17-19-21-23-25-27-29-31-33-35-37-39-41-43-45-47-49-51-53-55-57-58-56-54-52-50-48-46-44-42-40-38-36-34-32-30-28-26-24-22-20-18-16-14-12-10-8-6-4-2/h1-2H/b3-1?,4-2?,7-5+,8-6+,11-9+,12-10+,15-13+,16-14+,19-17+,20-18+,23-21+,24-22+,27-25+,28-26+,31-29+,32-30+,35-33+,36-34+,39-37+,40-38+,43-41+,44-42+,47-45+,48-46+,51-49+,52-50+,55-53+,56-54+,58-57+. The van der Waals surface area contributed by atoms with Crippen molar-refractivity contribution in [2.45, 2.75) is 0 Å². The van der Waals surface area contributed by atoms with Gasteiger partial charge in [0.05, 0.1) is 0 Å². The second-order valence-electron chi connectivity index (χ2n) is 5.03. The van der Waals surface area contributed by atoms with Crippen molar-refractivity contribution in [1.82, 2.24) is 0 Å². The van der Waals surface area contributed by atoms with Crippen LogP contribution in [0.4, 0.5) is 0 Å². The Kier molecular flexibility index (Phi) is 36.3. The lowest BCUT2D eigenvalue weighted by Gasteiger charge is -1.70. The van der Waals surface area contributed by atoms with E-state index in [1.807, 2.05) is 0 Å². The Labute approximate surface area is 304 Å². The van der Waals surface area contributed by atoms with Crippen molar-refractivity contribution in [3.63, 3.8) is 0 Å². The molecule has 0 aliphatic carbocycles. The van der Waals surface area contributed by atoms with E-state index in [4.69, 9.17) is 11.1 Å². The molecule has 0 atom stereocenters. The minimum atomic E-state index is 2.50. The summed E-state index contributed by atoms with van der Waals surface area (Å²) in [6, 6.07) is 0. The molecule has 0 saturated carbocycles. The van der Waals surface area contributed by atoms with Crippen LogP contribution in [0, 0.1) is 11.1 Å². The average molecular weight is 814 g/mol. The van der Waals surface area contributed by atoms with Crippen molar-refractivity contribution in [2.24, 2.45) is 293 Å². The van der Waals surface area contributed by atoms with Gasteiger partial charge in [-0.2, -0.15) is 11.1 Å². The molecule has 58 heavy (non-hydrogen) atoms. The summed E-state index contributed by atoms with van der Waals surface area (Å²) in [6.45, 7) is 0. The number of nitrogens with zero attached hydrogens (tertiary/aromatic N) is 56. The molecule has 58 nitrogen and oxygen atoms in total. The number of hydrogen-bond donors (Lipinski definition) is 2. The van der Waals surface area contributed by atoms with Crippen LogP contribution in [0.2, 0.25) is 0 Å². The lowest BCUT2D eigenvalue weighted by Crippen LogP contribution is -1.52. The Morgan fingerprint density at radius 2 is 0.138 bits per heavy atom. The van der Waals surface area contributed by atoms with Crippen LogP contribution in [-0.2, 0) is 0 Å². The topological polar surface area (TPSA) is 740 Å². The van der Waals surface area contributed by atoms with Crippen LogP contribution in [0.15, 0.2) is 293 Å². The van der Waals surface area contributed by atoms with Gasteiger partial charge in [-0.25, -0.2) is 0 Å². The molecular formula is H2N58. The van der Waals surface area contributed by atoms with Crippen molar-refractivity contribution in [3.8, 4) is 0 Å². The highest BCUT2D eigenvalue weighted by molar-refractivity contribution is 4.18. The summed E-state index contributed by atoms with van der Waals surface area (Å²) >= 11 is 0. The van der Waals surface area contributed by atoms with Crippen molar-refractivity contribution >= 4 is 0 Å². The van der Waals surface area contributed by atoms with Crippen molar-refractivity contribution in [1.29, 1.82) is 11.1 Å². The van der Waals surface area contributed by atoms with E-state index in [9.17, 15) is 0 Å². The van der Waals surface area contributed by atoms with Gasteiger partial charge in [0.2, 0.25) is 0 Å². The van der Waals surface area contributed by atoms with E-state index < -0.39 is 0 Å². The van der Waals surface area contributed by atoms with Gasteiger partial charge in [0.1, 0.15) is 0 Å². The van der Waals surface area contributed by atoms with Gasteiger partial charge < -0.3 is 0 Å². The Morgan fingerprint density at radius 3 is 0.190 bits per heavy atom. The van der Waals surface area contributed by atoms with E-state index in [1.54, 1.807) is 0 Å². The van der Waals surface area contributed by atoms with Crippen LogP contribution in [0.5, 0.6) is 0 Å². The molecule has 0 bridgehead atoms. The van der Waals surface area contributed by atoms with Gasteiger partial charge in [0.15, 0.2) is 0 Å². The minimum absolute atomic E-state index is 2.50. The second-order valence-corrected chi connectivity index (χ2v) is 5.03. The normalized spacial score (nSPS) is 15.2. The monoisotopic (exact) mass is 814 g/mol. The molecule has 0 aliphatic rings. The molecule has 0 amide bonds. The zero-order valence-corrected chi connectivity index (χ0v) is 26.0. The number of nitrogens with one attached hydrogen (secondary N) is 2. The molecule has 0 unspecified atom stereocenters. The maximum atomic E-state index is 6.26. The molecule has 0 aromatic rings. The van der Waals surface area contributed by atoms with Crippen molar-refractivity contribution < 1.29 is 0 Å². The predicted octanol–water partition coefficient (Wildman–Crippen LogP) is 10.9. The van der Waals surface area contributed by atoms with Gasteiger partial charge in [-0.1, -0.05) is 0 Å². The zero-order valence-electron chi connectivity index (χ0n) is 26.0. The van der Waals surface area contributed by atoms with Crippen molar-refractivity contribution in [2.75, 3.05) is 0 Å². The van der Waals surface area contributed by atoms with Gasteiger partial charge in [0.25, 0.3) is 0 Å². The first-order valence-corrected chi connectivity index (χ1v) is 11.4. The summed E-state index contributed by atoms with van der Waals surface area (Å²) in [5.74, 6) is 0. The van der Waals surface area contributed by atoms with Crippen LogP contribution < -0.4 is 0 Å². The van der Waals surface area contributed by atoms with Crippen LogP contribution >= 0.6 is 0 Å². The Morgan fingerprint density at radius 1 is 0.0862 bits per heavy atom. The maximum absolute atomic E-state index is 6.26. The molecule has 0 heterocycles. The van der Waals surface area contributed by atoms with Crippen LogP contribution in [0.25, 0.3) is 0 Å². The number of rotatable bonds is 28. The molecule has 0 radical (unpaired) electrons. The second kappa shape index (κ2) is 45.4. The molecule has 0 saturated heterocycles. The van der Waals surface area contributed by atoms with Crippen LogP contribution in [-0.4, -0.2) is 0 Å². The van der Waals surface area contributed by atoms with Crippen LogP contribution in [0.1, 0.15) is 0 Å². The predicted molar refractivity (Wildman–Crippen MR) is 141 cm³/mol. The third-order valence-electron chi connectivity index (χ3n) is 2.21. The van der Waals surface area contributed by atoms with Gasteiger partial charge in [0, 0.05) is 209 Å². The summed E-state index contributed by atoms with van der Waals surface area (Å²) in [6.07, 6.45) is 0. The summed E-state index contributed by atoms with van der Waals surface area (Å²) in [7, 11) is 0. The summed E-state index contributed by atoms with van der Waals surface area (Å²) in [5.41, 5.74) is 12.5. The first-order valence-electron chi connectivity index (χ1n) is 11.4. The largest absolute Gasteiger partial charge is 0.183 e. The first-order chi connectivity index (χ1) is 28.9. The van der Waals surface area contributed by atoms with Crippen molar-refractivity contribution in [3.05, 3.63) is 0 Å². The third kappa shape index (κ3) is 44.4. The molecule has 0 aromatic heterocycles. The maximum Gasteiger partial charge on any atom is 0 e. The number of hydrogen-bond acceptors (Lipinski definition) is 2. The Balaban J connectivity index is 4.07. The SMILES string of the molecule is N=N/N=N/N=N/N=N/N=N/N=N/N=N/N=N/N=N/N=N/N=N/N=N/N=N/N=N/N=N/N=N/N=N/N=N/N=N/N=N/N=N/N=N/N=N/N=N/N=N/N=N/N=N/N=N/N=N. The molecule has 292 valence electrons. The van der Waals surface area contributed by atoms with Gasteiger partial charge in [-0.15, -0.1) is 0 Å². The minimum Gasteiger partial charge on any atom is -0.183 e. The molecule has 0 aliphatic heterocycles. The molecule has 0 spiro atoms. The molecular weight excluding hydrogens is 812 g/mol. The highest BCUT2D eigenvalue weighted by Gasteiger charge is 1.75. The van der Waals surface area contributed by atoms with E-state index in [1.165, 1.54) is 0 Å². The van der Waals surface area contributed by atoms with E-state index >= 15 is 0 Å². The molecule has 0 fully saturated rings. The molecule has 0 aromatic carbocycles. The smallest absolute Gasteiger partial charge is 0 e. The van der Waals surface area contributed by atoms with Gasteiger partial charge in [-0.05, 0) is 83.6 Å². The first kappa shape index (κ1) is 46.4. The van der Waals surface area contributed by atoms with E-state index in [0.717, 1.165) is 0 Å². The lowest BCUT2D eigenvalue weighted by molar-refractivity contribution is 0.724.